The lowest BCUT2D eigenvalue weighted by Crippen LogP contribution is -2.33. The maximum atomic E-state index is 13.3. The Hall–Kier alpha value is -4.91. The van der Waals surface area contributed by atoms with E-state index in [1.807, 2.05) is 77.7 Å². The zero-order valence-electron chi connectivity index (χ0n) is 27.8. The number of rotatable bonds is 16. The topological polar surface area (TPSA) is 84.9 Å². The van der Waals surface area contributed by atoms with Crippen molar-refractivity contribution in [2.75, 3.05) is 25.6 Å². The molecular formula is C41H46N2O5. The second kappa shape index (κ2) is 17.9. The number of anilines is 1. The summed E-state index contributed by atoms with van der Waals surface area (Å²) >= 11 is 0. The third kappa shape index (κ3) is 10.0. The van der Waals surface area contributed by atoms with Gasteiger partial charge in [0.05, 0.1) is 13.7 Å². The van der Waals surface area contributed by atoms with E-state index in [0.717, 1.165) is 36.1 Å². The number of amides is 1. The Morgan fingerprint density at radius 3 is 2.17 bits per heavy atom. The van der Waals surface area contributed by atoms with Gasteiger partial charge in [0.25, 0.3) is 0 Å². The van der Waals surface area contributed by atoms with Gasteiger partial charge in [0, 0.05) is 42.7 Å². The molecular weight excluding hydrogens is 600 g/mol. The summed E-state index contributed by atoms with van der Waals surface area (Å²) in [6.07, 6.45) is 7.76. The van der Waals surface area contributed by atoms with E-state index < -0.39 is 12.0 Å². The van der Waals surface area contributed by atoms with Crippen LogP contribution in [0.15, 0.2) is 109 Å². The van der Waals surface area contributed by atoms with Crippen LogP contribution < -0.4 is 10.1 Å². The van der Waals surface area contributed by atoms with Crippen molar-refractivity contribution < 1.29 is 23.9 Å². The molecule has 1 N–H and O–H groups in total. The second-order valence-electron chi connectivity index (χ2n) is 12.5. The predicted molar refractivity (Wildman–Crippen MR) is 189 cm³/mol. The molecule has 1 amide bonds. The molecule has 1 aliphatic rings. The minimum atomic E-state index is -0.701. The Kier molecular flexibility index (Phi) is 12.8. The van der Waals surface area contributed by atoms with Crippen molar-refractivity contribution in [1.82, 2.24) is 4.90 Å². The summed E-state index contributed by atoms with van der Waals surface area (Å²) in [6.45, 7) is 1.74. The molecule has 0 aliphatic heterocycles. The van der Waals surface area contributed by atoms with E-state index in [9.17, 15) is 14.4 Å². The van der Waals surface area contributed by atoms with Crippen molar-refractivity contribution in [3.63, 3.8) is 0 Å². The first-order valence-corrected chi connectivity index (χ1v) is 17.1. The van der Waals surface area contributed by atoms with E-state index in [-0.39, 0.29) is 11.7 Å². The van der Waals surface area contributed by atoms with Gasteiger partial charge in [-0.1, -0.05) is 104 Å². The molecule has 0 saturated heterocycles. The average molecular weight is 647 g/mol. The summed E-state index contributed by atoms with van der Waals surface area (Å²) < 4.78 is 11.2. The molecule has 0 radical (unpaired) electrons. The fourth-order valence-electron chi connectivity index (χ4n) is 6.34. The number of ketones is 1. The Balaban J connectivity index is 1.16. The molecule has 250 valence electrons. The smallest absolute Gasteiger partial charge is 0.328 e. The first-order chi connectivity index (χ1) is 23.5. The molecule has 0 bridgehead atoms. The monoisotopic (exact) mass is 646 g/mol. The lowest BCUT2D eigenvalue weighted by Gasteiger charge is -2.27. The fraction of sp³-hybridized carbons (Fsp3) is 0.341. The van der Waals surface area contributed by atoms with Gasteiger partial charge in [-0.3, -0.25) is 9.59 Å². The molecule has 0 aromatic heterocycles. The number of methoxy groups -OCH3 is 1. The van der Waals surface area contributed by atoms with Crippen LogP contribution in [0.5, 0.6) is 5.75 Å². The Morgan fingerprint density at radius 2 is 1.46 bits per heavy atom. The van der Waals surface area contributed by atoms with Crippen LogP contribution in [0.1, 0.15) is 72.0 Å². The number of esters is 1. The zero-order chi connectivity index (χ0) is 33.6. The molecule has 7 nitrogen and oxygen atoms in total. The number of hydrogen-bond acceptors (Lipinski definition) is 6. The van der Waals surface area contributed by atoms with Crippen molar-refractivity contribution in [3.05, 3.63) is 131 Å². The van der Waals surface area contributed by atoms with Gasteiger partial charge in [0.1, 0.15) is 11.8 Å². The van der Waals surface area contributed by atoms with Crippen LogP contribution in [0.2, 0.25) is 0 Å². The van der Waals surface area contributed by atoms with Crippen LogP contribution in [0.25, 0.3) is 0 Å². The molecule has 48 heavy (non-hydrogen) atoms. The predicted octanol–water partition coefficient (Wildman–Crippen LogP) is 7.88. The van der Waals surface area contributed by atoms with Gasteiger partial charge in [-0.05, 0) is 60.6 Å². The minimum Gasteiger partial charge on any atom is -0.494 e. The van der Waals surface area contributed by atoms with Crippen molar-refractivity contribution in [2.45, 2.75) is 64.0 Å². The summed E-state index contributed by atoms with van der Waals surface area (Å²) in [7, 11) is 1.36. The van der Waals surface area contributed by atoms with Crippen LogP contribution >= 0.6 is 0 Å². The molecule has 4 aromatic rings. The molecule has 4 aromatic carbocycles. The van der Waals surface area contributed by atoms with Crippen LogP contribution in [0.4, 0.5) is 5.69 Å². The minimum absolute atomic E-state index is 0.124. The summed E-state index contributed by atoms with van der Waals surface area (Å²) in [4.78, 5) is 41.4. The lowest BCUT2D eigenvalue weighted by atomic mass is 9.86. The van der Waals surface area contributed by atoms with E-state index in [2.05, 4.69) is 17.4 Å². The van der Waals surface area contributed by atoms with Crippen molar-refractivity contribution >= 4 is 23.3 Å². The fourth-order valence-corrected chi connectivity index (χ4v) is 6.34. The van der Waals surface area contributed by atoms with Gasteiger partial charge in [0.2, 0.25) is 5.91 Å². The highest BCUT2D eigenvalue weighted by atomic mass is 16.5. The maximum Gasteiger partial charge on any atom is 0.328 e. The van der Waals surface area contributed by atoms with Crippen molar-refractivity contribution in [1.29, 1.82) is 0 Å². The first kappa shape index (κ1) is 34.4. The van der Waals surface area contributed by atoms with E-state index in [0.29, 0.717) is 55.3 Å². The van der Waals surface area contributed by atoms with Crippen LogP contribution in [0, 0.1) is 5.92 Å². The highest BCUT2D eigenvalue weighted by molar-refractivity contribution is 6.12. The van der Waals surface area contributed by atoms with Crippen LogP contribution in [0.3, 0.4) is 0 Å². The standard InChI is InChI=1S/C41H46N2O5/c1-47-41(46)38(42-37-21-12-11-20-36(37)40(45)34-18-9-4-10-19-34)28-32-22-24-35(25-23-32)48-27-13-26-43(30-33-16-7-3-8-17-33)39(44)29-31-14-5-2-6-15-31/h3-4,7-12,16-25,31,38,42H,2,5-6,13-15,26-30H2,1H3/t38-/m0/s1. The number of ether oxygens (including phenoxy) is 2. The Morgan fingerprint density at radius 1 is 0.792 bits per heavy atom. The molecule has 1 aliphatic carbocycles. The number of carbonyl (C=O) groups excluding carboxylic acids is 3. The summed E-state index contributed by atoms with van der Waals surface area (Å²) in [5.41, 5.74) is 3.68. The molecule has 1 saturated carbocycles. The van der Waals surface area contributed by atoms with Crippen LogP contribution in [-0.2, 0) is 27.3 Å². The van der Waals surface area contributed by atoms with Crippen molar-refractivity contribution in [3.8, 4) is 5.75 Å². The SMILES string of the molecule is COC(=O)[C@H](Cc1ccc(OCCCN(Cc2ccccc2)C(=O)CC2CCCCC2)cc1)Nc1ccccc1C(=O)c1ccccc1. The molecule has 7 heteroatoms. The number of nitrogens with one attached hydrogen (secondary N) is 1. The Labute approximate surface area is 284 Å². The van der Waals surface area contributed by atoms with Gasteiger partial charge >= 0.3 is 5.97 Å². The second-order valence-corrected chi connectivity index (χ2v) is 12.5. The van der Waals surface area contributed by atoms with Gasteiger partial charge in [-0.25, -0.2) is 4.79 Å². The number of benzene rings is 4. The van der Waals surface area contributed by atoms with E-state index in [1.165, 1.54) is 26.4 Å². The first-order valence-electron chi connectivity index (χ1n) is 17.1. The van der Waals surface area contributed by atoms with E-state index in [1.54, 1.807) is 24.3 Å². The Bertz CT molecular complexity index is 1600. The number of hydrogen-bond donors (Lipinski definition) is 1. The lowest BCUT2D eigenvalue weighted by molar-refractivity contribution is -0.141. The molecule has 0 spiro atoms. The van der Waals surface area contributed by atoms with Gasteiger partial charge in [0.15, 0.2) is 5.78 Å². The highest BCUT2D eigenvalue weighted by Gasteiger charge is 2.23. The van der Waals surface area contributed by atoms with E-state index >= 15 is 0 Å². The molecule has 1 fully saturated rings. The van der Waals surface area contributed by atoms with E-state index in [4.69, 9.17) is 9.47 Å². The largest absolute Gasteiger partial charge is 0.494 e. The normalized spacial score (nSPS) is 13.7. The summed E-state index contributed by atoms with van der Waals surface area (Å²) in [5, 5.41) is 3.26. The molecule has 5 rings (SSSR count). The van der Waals surface area contributed by atoms with Gasteiger partial charge < -0.3 is 19.7 Å². The number of para-hydroxylation sites is 1. The zero-order valence-corrected chi connectivity index (χ0v) is 27.8. The number of carbonyl (C=O) groups is 3. The third-order valence-corrected chi connectivity index (χ3v) is 8.98. The van der Waals surface area contributed by atoms with Crippen LogP contribution in [-0.4, -0.2) is 48.9 Å². The van der Waals surface area contributed by atoms with Gasteiger partial charge in [-0.15, -0.1) is 0 Å². The molecule has 0 heterocycles. The number of nitrogens with zero attached hydrogens (tertiary/aromatic N) is 1. The quantitative estimate of drug-likeness (QED) is 0.0758. The van der Waals surface area contributed by atoms with Crippen molar-refractivity contribution in [2.24, 2.45) is 5.92 Å². The average Bonchev–Trinajstić information content (AvgIpc) is 3.14. The summed E-state index contributed by atoms with van der Waals surface area (Å²) in [5.74, 6) is 0.912. The highest BCUT2D eigenvalue weighted by Crippen LogP contribution is 2.27. The van der Waals surface area contributed by atoms with Gasteiger partial charge in [-0.2, -0.15) is 0 Å². The molecule has 1 atom stereocenters. The maximum absolute atomic E-state index is 13.3. The summed E-state index contributed by atoms with van der Waals surface area (Å²) in [6, 6.07) is 33.4. The molecule has 0 unspecified atom stereocenters. The third-order valence-electron chi connectivity index (χ3n) is 8.98.